The number of nitrogens with zero attached hydrogens (tertiary/aromatic N) is 2. The van der Waals surface area contributed by atoms with Crippen molar-refractivity contribution < 1.29 is 4.79 Å². The van der Waals surface area contributed by atoms with Crippen molar-refractivity contribution in [3.8, 4) is 0 Å². The van der Waals surface area contributed by atoms with Crippen molar-refractivity contribution in [2.45, 2.75) is 5.38 Å². The maximum atomic E-state index is 10.4. The summed E-state index contributed by atoms with van der Waals surface area (Å²) in [4.78, 5) is 10.4. The molecule has 9 heavy (non-hydrogen) atoms. The van der Waals surface area contributed by atoms with Gasteiger partial charge in [0.2, 0.25) is 0 Å². The van der Waals surface area contributed by atoms with Crippen LogP contribution in [0.15, 0.2) is 21.5 Å². The first-order chi connectivity index (χ1) is 4.20. The van der Waals surface area contributed by atoms with Gasteiger partial charge in [-0.15, -0.1) is 21.8 Å². The van der Waals surface area contributed by atoms with Crippen LogP contribution < -0.4 is 0 Å². The van der Waals surface area contributed by atoms with Gasteiger partial charge in [-0.3, -0.25) is 4.79 Å². The molecular formula is C4H2Cl2N2O. The molecule has 0 aliphatic carbocycles. The SMILES string of the molecule is O=C1N=NC(Cl)=CC1Cl. The number of alkyl halides is 1. The average molecular weight is 165 g/mol. The molecule has 0 spiro atoms. The molecule has 1 aliphatic heterocycles. The first-order valence-electron chi connectivity index (χ1n) is 2.17. The molecular weight excluding hydrogens is 163 g/mol. The number of hydrogen-bond donors (Lipinski definition) is 0. The van der Waals surface area contributed by atoms with E-state index in [1.54, 1.807) is 0 Å². The van der Waals surface area contributed by atoms with Gasteiger partial charge in [-0.25, -0.2) is 0 Å². The highest BCUT2D eigenvalue weighted by molar-refractivity contribution is 6.35. The minimum absolute atomic E-state index is 0.162. The molecule has 0 aromatic carbocycles. The monoisotopic (exact) mass is 164 g/mol. The van der Waals surface area contributed by atoms with Crippen LogP contribution in [0.2, 0.25) is 0 Å². The van der Waals surface area contributed by atoms with Crippen molar-refractivity contribution in [3.63, 3.8) is 0 Å². The van der Waals surface area contributed by atoms with Crippen LogP contribution in [0.1, 0.15) is 0 Å². The second-order valence-corrected chi connectivity index (χ2v) is 2.29. The van der Waals surface area contributed by atoms with Gasteiger partial charge in [0, 0.05) is 0 Å². The molecule has 48 valence electrons. The summed E-state index contributed by atoms with van der Waals surface area (Å²) in [6.07, 6.45) is 1.33. The molecule has 1 atom stereocenters. The summed E-state index contributed by atoms with van der Waals surface area (Å²) in [6.45, 7) is 0. The van der Waals surface area contributed by atoms with Crippen LogP contribution in [0.5, 0.6) is 0 Å². The van der Waals surface area contributed by atoms with Crippen molar-refractivity contribution in [2.24, 2.45) is 10.2 Å². The topological polar surface area (TPSA) is 41.8 Å². The molecule has 1 rings (SSSR count). The number of carbonyl (C=O) groups is 1. The van der Waals surface area contributed by atoms with Gasteiger partial charge >= 0.3 is 0 Å². The van der Waals surface area contributed by atoms with Crippen molar-refractivity contribution in [2.75, 3.05) is 0 Å². The minimum Gasteiger partial charge on any atom is -0.269 e. The molecule has 0 aromatic heterocycles. The van der Waals surface area contributed by atoms with E-state index < -0.39 is 11.3 Å². The Morgan fingerprint density at radius 2 is 2.22 bits per heavy atom. The summed E-state index contributed by atoms with van der Waals surface area (Å²) in [5.74, 6) is -0.471. The van der Waals surface area contributed by atoms with E-state index in [9.17, 15) is 4.79 Å². The van der Waals surface area contributed by atoms with Crippen LogP contribution in [0.25, 0.3) is 0 Å². The summed E-state index contributed by atoms with van der Waals surface area (Å²) < 4.78 is 0. The predicted molar refractivity (Wildman–Crippen MR) is 33.4 cm³/mol. The van der Waals surface area contributed by atoms with E-state index in [0.29, 0.717) is 0 Å². The van der Waals surface area contributed by atoms with Gasteiger partial charge in [0.15, 0.2) is 0 Å². The summed E-state index contributed by atoms with van der Waals surface area (Å²) in [6, 6.07) is 0. The molecule has 1 heterocycles. The Labute approximate surface area is 61.4 Å². The van der Waals surface area contributed by atoms with Crippen LogP contribution in [0.3, 0.4) is 0 Å². The maximum Gasteiger partial charge on any atom is 0.286 e. The zero-order chi connectivity index (χ0) is 6.85. The van der Waals surface area contributed by atoms with Crippen LogP contribution in [-0.2, 0) is 4.79 Å². The van der Waals surface area contributed by atoms with Gasteiger partial charge in [-0.2, -0.15) is 0 Å². The largest absolute Gasteiger partial charge is 0.286 e. The molecule has 0 saturated heterocycles. The van der Waals surface area contributed by atoms with Crippen LogP contribution in [-0.4, -0.2) is 11.3 Å². The number of carbonyl (C=O) groups excluding carboxylic acids is 1. The summed E-state index contributed by atoms with van der Waals surface area (Å²) in [7, 11) is 0. The Morgan fingerprint density at radius 1 is 1.56 bits per heavy atom. The van der Waals surface area contributed by atoms with E-state index in [1.165, 1.54) is 6.08 Å². The van der Waals surface area contributed by atoms with Gasteiger partial charge in [0.1, 0.15) is 10.5 Å². The molecule has 0 N–H and O–H groups in total. The zero-order valence-electron chi connectivity index (χ0n) is 4.21. The van der Waals surface area contributed by atoms with Gasteiger partial charge in [0.05, 0.1) is 0 Å². The molecule has 0 fully saturated rings. The van der Waals surface area contributed by atoms with E-state index in [2.05, 4.69) is 10.2 Å². The second kappa shape index (κ2) is 2.45. The normalized spacial score (nSPS) is 26.2. The number of azo groups is 1. The van der Waals surface area contributed by atoms with Gasteiger partial charge < -0.3 is 0 Å². The second-order valence-electron chi connectivity index (χ2n) is 1.43. The van der Waals surface area contributed by atoms with E-state index in [-0.39, 0.29) is 5.16 Å². The Hall–Kier alpha value is -0.410. The first kappa shape index (κ1) is 6.71. The lowest BCUT2D eigenvalue weighted by Crippen LogP contribution is -2.10. The fourth-order valence-corrected chi connectivity index (χ4v) is 0.769. The fourth-order valence-electron chi connectivity index (χ4n) is 0.378. The third-order valence-corrected chi connectivity index (χ3v) is 1.28. The highest BCUT2D eigenvalue weighted by Crippen LogP contribution is 2.15. The maximum absolute atomic E-state index is 10.4. The Morgan fingerprint density at radius 3 is 2.67 bits per heavy atom. The molecule has 1 amide bonds. The molecule has 1 unspecified atom stereocenters. The summed E-state index contributed by atoms with van der Waals surface area (Å²) >= 11 is 10.7. The Bertz CT molecular complexity index is 199. The van der Waals surface area contributed by atoms with E-state index >= 15 is 0 Å². The van der Waals surface area contributed by atoms with Crippen LogP contribution in [0.4, 0.5) is 0 Å². The molecule has 3 nitrogen and oxygen atoms in total. The predicted octanol–water partition coefficient (Wildman–Crippen LogP) is 1.67. The van der Waals surface area contributed by atoms with E-state index in [1.807, 2.05) is 0 Å². The third-order valence-electron chi connectivity index (χ3n) is 0.764. The third kappa shape index (κ3) is 1.50. The highest BCUT2D eigenvalue weighted by Gasteiger charge is 2.16. The number of rotatable bonds is 0. The van der Waals surface area contributed by atoms with Crippen LogP contribution >= 0.6 is 23.2 Å². The number of hydrogen-bond acceptors (Lipinski definition) is 2. The Kier molecular flexibility index (Phi) is 1.83. The van der Waals surface area contributed by atoms with Gasteiger partial charge in [-0.1, -0.05) is 11.6 Å². The van der Waals surface area contributed by atoms with Gasteiger partial charge in [0.25, 0.3) is 5.91 Å². The van der Waals surface area contributed by atoms with E-state index in [4.69, 9.17) is 23.2 Å². The average Bonchev–Trinajstić information content (AvgIpc) is 1.80. The molecule has 1 aliphatic rings. The first-order valence-corrected chi connectivity index (χ1v) is 2.98. The molecule has 0 saturated carbocycles. The number of halogens is 2. The lowest BCUT2D eigenvalue weighted by molar-refractivity contribution is -0.117. The minimum atomic E-state index is -0.741. The van der Waals surface area contributed by atoms with Crippen molar-refractivity contribution >= 4 is 29.1 Å². The quantitative estimate of drug-likeness (QED) is 0.397. The molecule has 0 radical (unpaired) electrons. The van der Waals surface area contributed by atoms with Crippen LogP contribution in [0, 0.1) is 0 Å². The van der Waals surface area contributed by atoms with Gasteiger partial charge in [-0.05, 0) is 6.08 Å². The van der Waals surface area contributed by atoms with E-state index in [0.717, 1.165) is 0 Å². The molecule has 0 bridgehead atoms. The highest BCUT2D eigenvalue weighted by atomic mass is 35.5. The molecule has 0 aromatic rings. The smallest absolute Gasteiger partial charge is 0.269 e. The van der Waals surface area contributed by atoms with Crippen molar-refractivity contribution in [1.29, 1.82) is 0 Å². The molecule has 5 heteroatoms. The van der Waals surface area contributed by atoms with Crippen molar-refractivity contribution in [3.05, 3.63) is 11.2 Å². The standard InChI is InChI=1S/C4H2Cl2N2O/c5-2-1-3(6)7-8-4(2)9/h1-2H. The lowest BCUT2D eigenvalue weighted by atomic mass is 10.4. The fraction of sp³-hybridized carbons (Fsp3) is 0.250. The van der Waals surface area contributed by atoms with Crippen molar-refractivity contribution in [1.82, 2.24) is 0 Å². The zero-order valence-corrected chi connectivity index (χ0v) is 5.73. The summed E-state index contributed by atoms with van der Waals surface area (Å²) in [5, 5.41) is 5.85. The Balaban J connectivity index is 2.82. The number of amides is 1. The lowest BCUT2D eigenvalue weighted by Gasteiger charge is -2.00. The summed E-state index contributed by atoms with van der Waals surface area (Å²) in [5.41, 5.74) is 0.